The summed E-state index contributed by atoms with van der Waals surface area (Å²) >= 11 is 0. The number of ether oxygens (including phenoxy) is 2. The lowest BCUT2D eigenvalue weighted by Gasteiger charge is -2.36. The predicted octanol–water partition coefficient (Wildman–Crippen LogP) is 5.27. The van der Waals surface area contributed by atoms with Crippen molar-refractivity contribution in [1.29, 1.82) is 0 Å². The monoisotopic (exact) mass is 816 g/mol. The van der Waals surface area contributed by atoms with Crippen molar-refractivity contribution >= 4 is 47.1 Å². The highest BCUT2D eigenvalue weighted by molar-refractivity contribution is 5.98. The molecule has 2 heterocycles. The van der Waals surface area contributed by atoms with Gasteiger partial charge in [-0.2, -0.15) is 0 Å². The molecule has 0 spiro atoms. The Morgan fingerprint density at radius 2 is 1.53 bits per heavy atom. The Balaban J connectivity index is 0.789. The number of amides is 5. The molecule has 0 radical (unpaired) electrons. The third-order valence-electron chi connectivity index (χ3n) is 10.8. The molecule has 4 aromatic carbocycles. The molecule has 60 heavy (non-hydrogen) atoms. The van der Waals surface area contributed by atoms with Gasteiger partial charge in [-0.15, -0.1) is 0 Å². The second kappa shape index (κ2) is 18.7. The number of alkyl carbamates (subject to hydrolysis) is 1. The van der Waals surface area contributed by atoms with Gasteiger partial charge < -0.3 is 29.9 Å². The average Bonchev–Trinajstić information content (AvgIpc) is 3.80. The average molecular weight is 817 g/mol. The van der Waals surface area contributed by atoms with Gasteiger partial charge in [0.2, 0.25) is 17.7 Å². The van der Waals surface area contributed by atoms with E-state index in [-0.39, 0.29) is 62.6 Å². The number of carbonyl (C=O) groups excluding carboxylic acids is 6. The number of Topliss-reactive ketones (excluding diaryl/α,β-unsaturated/α-hetero) is 1. The van der Waals surface area contributed by atoms with Crippen LogP contribution in [-0.2, 0) is 30.4 Å². The van der Waals surface area contributed by atoms with E-state index in [0.717, 1.165) is 27.8 Å². The Hall–Kier alpha value is -7.03. The molecule has 0 bridgehead atoms. The van der Waals surface area contributed by atoms with Crippen LogP contribution in [0, 0.1) is 5.82 Å². The van der Waals surface area contributed by atoms with E-state index >= 15 is 4.39 Å². The number of hydrogen-bond donors (Lipinski definition) is 3. The van der Waals surface area contributed by atoms with Crippen molar-refractivity contribution in [2.24, 2.45) is 0 Å². The van der Waals surface area contributed by atoms with E-state index in [2.05, 4.69) is 28.1 Å². The van der Waals surface area contributed by atoms with Crippen molar-refractivity contribution in [3.05, 3.63) is 131 Å². The van der Waals surface area contributed by atoms with Crippen LogP contribution in [0.5, 0.6) is 0 Å². The van der Waals surface area contributed by atoms with Crippen LogP contribution >= 0.6 is 0 Å². The number of piperazine rings is 1. The third kappa shape index (κ3) is 9.80. The van der Waals surface area contributed by atoms with Crippen LogP contribution in [0.3, 0.4) is 0 Å². The topological polar surface area (TPSA) is 167 Å². The van der Waals surface area contributed by atoms with Gasteiger partial charge in [-0.25, -0.2) is 14.0 Å². The van der Waals surface area contributed by atoms with E-state index in [1.165, 1.54) is 30.2 Å². The van der Waals surface area contributed by atoms with Crippen LogP contribution in [0.15, 0.2) is 103 Å². The second-order valence-electron chi connectivity index (χ2n) is 14.7. The molecule has 310 valence electrons. The van der Waals surface area contributed by atoms with E-state index < -0.39 is 30.0 Å². The SMILES string of the molecule is CC(=O)NC[C@H]1CN(c2ccc(N3CCN(C(=O)CCC(=O)c4ccc(CNC(=O)/C=C/NC(=O)OCC5c6ccccc6-c6ccccc65)cc4)CC3)c(F)c2)C(=O)O1. The first-order valence-corrected chi connectivity index (χ1v) is 19.8. The summed E-state index contributed by atoms with van der Waals surface area (Å²) in [4.78, 5) is 79.1. The van der Waals surface area contributed by atoms with Crippen LogP contribution in [0.25, 0.3) is 11.1 Å². The van der Waals surface area contributed by atoms with Crippen molar-refractivity contribution in [2.45, 2.75) is 38.3 Å². The maximum atomic E-state index is 15.3. The van der Waals surface area contributed by atoms with Crippen LogP contribution in [0.2, 0.25) is 0 Å². The summed E-state index contributed by atoms with van der Waals surface area (Å²) in [6, 6.07) is 27.4. The van der Waals surface area contributed by atoms with Gasteiger partial charge in [0.05, 0.1) is 24.5 Å². The zero-order valence-corrected chi connectivity index (χ0v) is 33.0. The van der Waals surface area contributed by atoms with Crippen LogP contribution in [-0.4, -0.2) is 92.6 Å². The highest BCUT2D eigenvalue weighted by Crippen LogP contribution is 2.44. The highest BCUT2D eigenvalue weighted by atomic mass is 19.1. The summed E-state index contributed by atoms with van der Waals surface area (Å²) in [6.45, 7) is 3.57. The second-order valence-corrected chi connectivity index (χ2v) is 14.7. The molecule has 1 atom stereocenters. The van der Waals surface area contributed by atoms with Gasteiger partial charge in [-0.1, -0.05) is 72.8 Å². The van der Waals surface area contributed by atoms with Gasteiger partial charge in [-0.3, -0.25) is 29.4 Å². The van der Waals surface area contributed by atoms with E-state index in [9.17, 15) is 28.8 Å². The molecule has 1 aliphatic carbocycles. The largest absolute Gasteiger partial charge is 0.448 e. The van der Waals surface area contributed by atoms with Gasteiger partial charge >= 0.3 is 12.2 Å². The Morgan fingerprint density at radius 1 is 0.850 bits per heavy atom. The molecule has 15 heteroatoms. The molecule has 2 fully saturated rings. The van der Waals surface area contributed by atoms with E-state index in [1.807, 2.05) is 41.3 Å². The third-order valence-corrected chi connectivity index (χ3v) is 10.8. The number of anilines is 2. The normalized spacial score (nSPS) is 15.9. The first kappa shape index (κ1) is 41.1. The minimum Gasteiger partial charge on any atom is -0.448 e. The highest BCUT2D eigenvalue weighted by Gasteiger charge is 2.33. The Morgan fingerprint density at radius 3 is 2.20 bits per heavy atom. The summed E-state index contributed by atoms with van der Waals surface area (Å²) in [5, 5.41) is 7.81. The molecule has 3 N–H and O–H groups in total. The van der Waals surface area contributed by atoms with Crippen molar-refractivity contribution < 1.29 is 42.6 Å². The minimum atomic E-state index is -0.674. The number of cyclic esters (lactones) is 1. The van der Waals surface area contributed by atoms with Gasteiger partial charge in [0.25, 0.3) is 0 Å². The van der Waals surface area contributed by atoms with E-state index in [1.54, 1.807) is 41.3 Å². The summed E-state index contributed by atoms with van der Waals surface area (Å²) in [6.07, 6.45) is 0.643. The van der Waals surface area contributed by atoms with Gasteiger partial charge in [0, 0.05) is 76.2 Å². The zero-order valence-electron chi connectivity index (χ0n) is 33.0. The van der Waals surface area contributed by atoms with E-state index in [0.29, 0.717) is 43.1 Å². The first-order chi connectivity index (χ1) is 29.0. The van der Waals surface area contributed by atoms with E-state index in [4.69, 9.17) is 9.47 Å². The Labute approximate surface area is 346 Å². The molecule has 2 aliphatic heterocycles. The Bertz CT molecular complexity index is 2260. The number of hydrogen-bond acceptors (Lipinski definition) is 9. The summed E-state index contributed by atoms with van der Waals surface area (Å²) in [5.74, 6) is -1.62. The fraction of sp³-hybridized carbons (Fsp3) is 0.289. The van der Waals surface area contributed by atoms with Crippen molar-refractivity contribution in [3.63, 3.8) is 0 Å². The fourth-order valence-corrected chi connectivity index (χ4v) is 7.62. The Kier molecular flexibility index (Phi) is 12.8. The van der Waals surface area contributed by atoms with Gasteiger partial charge in [-0.05, 0) is 46.0 Å². The molecule has 3 aliphatic rings. The number of benzene rings is 4. The number of carbonyl (C=O) groups is 6. The molecule has 4 aromatic rings. The lowest BCUT2D eigenvalue weighted by atomic mass is 9.98. The molecule has 0 unspecified atom stereocenters. The lowest BCUT2D eigenvalue weighted by molar-refractivity contribution is -0.131. The molecule has 5 amide bonds. The maximum absolute atomic E-state index is 15.3. The molecule has 2 saturated heterocycles. The van der Waals surface area contributed by atoms with Crippen LogP contribution < -0.4 is 25.8 Å². The number of halogens is 1. The van der Waals surface area contributed by atoms with Crippen molar-refractivity contribution in [1.82, 2.24) is 20.9 Å². The number of nitrogens with zero attached hydrogens (tertiary/aromatic N) is 3. The molecule has 0 aromatic heterocycles. The summed E-state index contributed by atoms with van der Waals surface area (Å²) < 4.78 is 26.0. The lowest BCUT2D eigenvalue weighted by Crippen LogP contribution is -2.49. The smallest absolute Gasteiger partial charge is 0.414 e. The number of fused-ring (bicyclic) bond motifs is 3. The zero-order chi connectivity index (χ0) is 42.2. The molecule has 7 rings (SSSR count). The van der Waals surface area contributed by atoms with Crippen LogP contribution in [0.1, 0.15) is 52.7 Å². The molecule has 14 nitrogen and oxygen atoms in total. The van der Waals surface area contributed by atoms with Crippen molar-refractivity contribution in [3.8, 4) is 11.1 Å². The summed E-state index contributed by atoms with van der Waals surface area (Å²) in [5.41, 5.74) is 6.36. The number of nitrogens with one attached hydrogen (secondary N) is 3. The quantitative estimate of drug-likeness (QED) is 0.114. The summed E-state index contributed by atoms with van der Waals surface area (Å²) in [7, 11) is 0. The minimum absolute atomic E-state index is 0.0251. The molecular weight excluding hydrogens is 772 g/mol. The fourth-order valence-electron chi connectivity index (χ4n) is 7.62. The van der Waals surface area contributed by atoms with Gasteiger partial charge in [0.1, 0.15) is 18.5 Å². The first-order valence-electron chi connectivity index (χ1n) is 19.8. The van der Waals surface area contributed by atoms with Gasteiger partial charge in [0.15, 0.2) is 5.78 Å². The molecule has 0 saturated carbocycles. The predicted molar refractivity (Wildman–Crippen MR) is 221 cm³/mol. The van der Waals surface area contributed by atoms with Crippen molar-refractivity contribution in [2.75, 3.05) is 55.7 Å². The number of rotatable bonds is 14. The molecular formula is C45H45FN6O8. The standard InChI is InChI=1S/C45H45FN6O8/c1-29(53)48-26-33-27-52(45(58)60-33)32-14-15-40(39(46)24-32)50-20-22-51(23-21-50)43(56)17-16-41(54)31-12-10-30(11-13-31)25-49-42(55)18-19-47-44(57)59-28-38-36-8-4-2-6-34(36)35-7-3-5-9-37(35)38/h2-15,18-19,24,33,38H,16-17,20-23,25-28H2,1H3,(H,47,57)(H,48,53)(H,49,55)/b19-18+/t33-/m0/s1. The maximum Gasteiger partial charge on any atom is 0.414 e. The number of ketones is 1. The van der Waals surface area contributed by atoms with Crippen LogP contribution in [0.4, 0.5) is 25.4 Å².